The van der Waals surface area contributed by atoms with Gasteiger partial charge in [0.05, 0.1) is 19.2 Å². The summed E-state index contributed by atoms with van der Waals surface area (Å²) in [5, 5.41) is 8.57. The second-order valence-electron chi connectivity index (χ2n) is 6.97. The molecule has 2 aromatic rings. The zero-order valence-corrected chi connectivity index (χ0v) is 17.1. The van der Waals surface area contributed by atoms with E-state index in [4.69, 9.17) is 4.74 Å². The van der Waals surface area contributed by atoms with Crippen molar-refractivity contribution in [1.29, 1.82) is 0 Å². The van der Waals surface area contributed by atoms with E-state index >= 15 is 0 Å². The smallest absolute Gasteiger partial charge is 0.267 e. The summed E-state index contributed by atoms with van der Waals surface area (Å²) in [6, 6.07) is 11.4. The highest BCUT2D eigenvalue weighted by Crippen LogP contribution is 2.34. The SMILES string of the molecule is O=C(NC1CCOc2ccc(Br)cc21)C1=NN(Cc2ccc(F)cc2)C(=O)CC1. The molecule has 2 aliphatic heterocycles. The second kappa shape index (κ2) is 8.32. The number of nitrogens with one attached hydrogen (secondary N) is 1. The molecule has 0 spiro atoms. The summed E-state index contributed by atoms with van der Waals surface area (Å²) in [7, 11) is 0. The number of carbonyl (C=O) groups is 2. The van der Waals surface area contributed by atoms with Gasteiger partial charge in [-0.1, -0.05) is 28.1 Å². The molecule has 0 saturated carbocycles. The molecule has 8 heteroatoms. The molecule has 4 rings (SSSR count). The van der Waals surface area contributed by atoms with E-state index in [9.17, 15) is 14.0 Å². The molecule has 6 nitrogen and oxygen atoms in total. The standard InChI is InChI=1S/C21H19BrFN3O3/c22-14-3-7-19-16(11-14)17(9-10-29-19)24-21(28)18-6-8-20(27)26(25-18)12-13-1-4-15(23)5-2-13/h1-5,7,11,17H,6,8-10,12H2,(H,24,28). The monoisotopic (exact) mass is 459 g/mol. The molecule has 1 atom stereocenters. The minimum atomic E-state index is -0.342. The first-order chi connectivity index (χ1) is 14.0. The topological polar surface area (TPSA) is 71.0 Å². The van der Waals surface area contributed by atoms with Crippen LogP contribution < -0.4 is 10.1 Å². The number of hydrogen-bond acceptors (Lipinski definition) is 4. The van der Waals surface area contributed by atoms with E-state index in [-0.39, 0.29) is 36.6 Å². The number of hydrazone groups is 1. The van der Waals surface area contributed by atoms with E-state index in [1.54, 1.807) is 12.1 Å². The molecule has 2 aromatic carbocycles. The van der Waals surface area contributed by atoms with Gasteiger partial charge in [-0.2, -0.15) is 5.10 Å². The Bertz CT molecular complexity index is 978. The Balaban J connectivity index is 1.49. The van der Waals surface area contributed by atoms with Crippen LogP contribution >= 0.6 is 15.9 Å². The fourth-order valence-corrected chi connectivity index (χ4v) is 3.79. The van der Waals surface area contributed by atoms with Crippen LogP contribution in [0.3, 0.4) is 0 Å². The molecule has 29 heavy (non-hydrogen) atoms. The summed E-state index contributed by atoms with van der Waals surface area (Å²) >= 11 is 3.45. The summed E-state index contributed by atoms with van der Waals surface area (Å²) < 4.78 is 19.7. The first-order valence-corrected chi connectivity index (χ1v) is 10.1. The van der Waals surface area contributed by atoms with Crippen LogP contribution in [0.2, 0.25) is 0 Å². The predicted molar refractivity (Wildman–Crippen MR) is 109 cm³/mol. The van der Waals surface area contributed by atoms with Crippen molar-refractivity contribution in [2.45, 2.75) is 31.8 Å². The molecular weight excluding hydrogens is 441 g/mol. The Morgan fingerprint density at radius 3 is 2.83 bits per heavy atom. The van der Waals surface area contributed by atoms with Crippen LogP contribution in [-0.4, -0.2) is 29.1 Å². The third-order valence-corrected chi connectivity index (χ3v) is 5.42. The predicted octanol–water partition coefficient (Wildman–Crippen LogP) is 3.71. The largest absolute Gasteiger partial charge is 0.493 e. The van der Waals surface area contributed by atoms with Gasteiger partial charge >= 0.3 is 0 Å². The maximum atomic E-state index is 13.1. The molecule has 0 aromatic heterocycles. The van der Waals surface area contributed by atoms with Crippen LogP contribution in [0.4, 0.5) is 4.39 Å². The molecule has 1 N–H and O–H groups in total. The highest BCUT2D eigenvalue weighted by molar-refractivity contribution is 9.10. The normalized spacial score (nSPS) is 18.6. The molecule has 2 heterocycles. The number of halogens is 2. The van der Waals surface area contributed by atoms with Crippen molar-refractivity contribution in [3.8, 4) is 5.75 Å². The van der Waals surface area contributed by atoms with E-state index < -0.39 is 0 Å². The first-order valence-electron chi connectivity index (χ1n) is 9.35. The van der Waals surface area contributed by atoms with Gasteiger partial charge in [0.25, 0.3) is 5.91 Å². The first kappa shape index (κ1) is 19.6. The van der Waals surface area contributed by atoms with Crippen LogP contribution in [0.1, 0.15) is 36.4 Å². The molecule has 150 valence electrons. The van der Waals surface area contributed by atoms with Crippen LogP contribution in [0.15, 0.2) is 52.0 Å². The lowest BCUT2D eigenvalue weighted by atomic mass is 10.00. The van der Waals surface area contributed by atoms with Crippen molar-refractivity contribution in [3.63, 3.8) is 0 Å². The van der Waals surface area contributed by atoms with Crippen LogP contribution in [0.25, 0.3) is 0 Å². The minimum Gasteiger partial charge on any atom is -0.493 e. The van der Waals surface area contributed by atoms with Gasteiger partial charge in [0.15, 0.2) is 0 Å². The van der Waals surface area contributed by atoms with Gasteiger partial charge in [-0.25, -0.2) is 9.40 Å². The average Bonchev–Trinajstić information content (AvgIpc) is 2.71. The van der Waals surface area contributed by atoms with E-state index in [1.807, 2.05) is 18.2 Å². The lowest BCUT2D eigenvalue weighted by Crippen LogP contribution is -2.41. The molecule has 0 bridgehead atoms. The van der Waals surface area contributed by atoms with Crippen molar-refractivity contribution in [2.24, 2.45) is 5.10 Å². The average molecular weight is 460 g/mol. The van der Waals surface area contributed by atoms with E-state index in [0.29, 0.717) is 25.2 Å². The summed E-state index contributed by atoms with van der Waals surface area (Å²) in [6.07, 6.45) is 1.16. The van der Waals surface area contributed by atoms with Crippen molar-refractivity contribution >= 4 is 33.5 Å². The van der Waals surface area contributed by atoms with E-state index in [0.717, 1.165) is 21.3 Å². The Hall–Kier alpha value is -2.74. The maximum Gasteiger partial charge on any atom is 0.267 e. The molecular formula is C21H19BrFN3O3. The lowest BCUT2D eigenvalue weighted by molar-refractivity contribution is -0.132. The highest BCUT2D eigenvalue weighted by Gasteiger charge is 2.28. The molecule has 0 aliphatic carbocycles. The quantitative estimate of drug-likeness (QED) is 0.757. The van der Waals surface area contributed by atoms with Crippen LogP contribution in [0.5, 0.6) is 5.75 Å². The lowest BCUT2D eigenvalue weighted by Gasteiger charge is -2.28. The molecule has 2 aliphatic rings. The molecule has 1 unspecified atom stereocenters. The van der Waals surface area contributed by atoms with Crippen LogP contribution in [-0.2, 0) is 16.1 Å². The summed E-state index contributed by atoms with van der Waals surface area (Å²) in [5.74, 6) is -0.0419. The fraction of sp³-hybridized carbons (Fsp3) is 0.286. The summed E-state index contributed by atoms with van der Waals surface area (Å²) in [5.41, 5.74) is 1.97. The van der Waals surface area contributed by atoms with Gasteiger partial charge < -0.3 is 10.1 Å². The van der Waals surface area contributed by atoms with Crippen molar-refractivity contribution in [2.75, 3.05) is 6.61 Å². The van der Waals surface area contributed by atoms with Gasteiger partial charge in [-0.15, -0.1) is 0 Å². The third-order valence-electron chi connectivity index (χ3n) is 4.93. The zero-order valence-electron chi connectivity index (χ0n) is 15.5. The zero-order chi connectivity index (χ0) is 20.4. The van der Waals surface area contributed by atoms with Crippen molar-refractivity contribution in [1.82, 2.24) is 10.3 Å². The van der Waals surface area contributed by atoms with Gasteiger partial charge in [-0.3, -0.25) is 9.59 Å². The number of hydrogen-bond donors (Lipinski definition) is 1. The Labute approximate surface area is 175 Å². The Kier molecular flexibility index (Phi) is 5.62. The van der Waals surface area contributed by atoms with Gasteiger partial charge in [0, 0.05) is 29.3 Å². The highest BCUT2D eigenvalue weighted by atomic mass is 79.9. The molecule has 2 amide bonds. The molecule has 0 saturated heterocycles. The number of ether oxygens (including phenoxy) is 1. The van der Waals surface area contributed by atoms with E-state index in [1.165, 1.54) is 17.1 Å². The second-order valence-corrected chi connectivity index (χ2v) is 7.89. The van der Waals surface area contributed by atoms with Crippen molar-refractivity contribution < 1.29 is 18.7 Å². The van der Waals surface area contributed by atoms with Gasteiger partial charge in [0.2, 0.25) is 5.91 Å². The van der Waals surface area contributed by atoms with Gasteiger partial charge in [0.1, 0.15) is 17.3 Å². The van der Waals surface area contributed by atoms with Gasteiger partial charge in [-0.05, 0) is 35.9 Å². The number of benzene rings is 2. The number of carbonyl (C=O) groups excluding carboxylic acids is 2. The van der Waals surface area contributed by atoms with Crippen molar-refractivity contribution in [3.05, 3.63) is 63.9 Å². The molecule has 0 fully saturated rings. The summed E-state index contributed by atoms with van der Waals surface area (Å²) in [4.78, 5) is 25.0. The number of amides is 2. The minimum absolute atomic E-state index is 0.161. The Morgan fingerprint density at radius 1 is 1.24 bits per heavy atom. The number of rotatable bonds is 4. The summed E-state index contributed by atoms with van der Waals surface area (Å²) in [6.45, 7) is 0.712. The molecule has 0 radical (unpaired) electrons. The number of nitrogens with zero attached hydrogens (tertiary/aromatic N) is 2. The number of fused-ring (bicyclic) bond motifs is 1. The third kappa shape index (κ3) is 4.48. The fourth-order valence-electron chi connectivity index (χ4n) is 3.41. The van der Waals surface area contributed by atoms with E-state index in [2.05, 4.69) is 26.3 Å². The van der Waals surface area contributed by atoms with Crippen LogP contribution in [0, 0.1) is 5.82 Å². The maximum absolute atomic E-state index is 13.1. The Morgan fingerprint density at radius 2 is 2.03 bits per heavy atom.